The third-order valence-electron chi connectivity index (χ3n) is 2.48. The lowest BCUT2D eigenvalue weighted by Crippen LogP contribution is -1.82. The number of aromatic nitrogens is 3. The van der Waals surface area contributed by atoms with Crippen LogP contribution in [0.2, 0.25) is 5.02 Å². The van der Waals surface area contributed by atoms with Gasteiger partial charge in [0.15, 0.2) is 0 Å². The molecule has 0 aliphatic carbocycles. The van der Waals surface area contributed by atoms with Crippen molar-refractivity contribution in [1.82, 2.24) is 15.0 Å². The fourth-order valence-corrected chi connectivity index (χ4v) is 1.98. The van der Waals surface area contributed by atoms with Crippen LogP contribution in [0.15, 0.2) is 43.0 Å². The molecule has 0 amide bonds. The monoisotopic (exact) mass is 229 g/mol. The molecule has 16 heavy (non-hydrogen) atoms. The summed E-state index contributed by atoms with van der Waals surface area (Å²) in [7, 11) is 0. The molecule has 0 fully saturated rings. The Kier molecular flexibility index (Phi) is 2.11. The maximum atomic E-state index is 6.07. The second kappa shape index (κ2) is 3.61. The first-order valence-electron chi connectivity index (χ1n) is 4.87. The summed E-state index contributed by atoms with van der Waals surface area (Å²) in [5.74, 6) is 0. The Labute approximate surface area is 97.1 Å². The Morgan fingerprint density at radius 2 is 1.94 bits per heavy atom. The van der Waals surface area contributed by atoms with Crippen LogP contribution in [0.4, 0.5) is 0 Å². The zero-order chi connectivity index (χ0) is 11.0. The predicted octanol–water partition coefficient (Wildman–Crippen LogP) is 3.28. The maximum absolute atomic E-state index is 6.07. The number of aromatic amines is 1. The molecule has 0 atom stereocenters. The van der Waals surface area contributed by atoms with Gasteiger partial charge in [-0.1, -0.05) is 11.6 Å². The van der Waals surface area contributed by atoms with Crippen LogP contribution in [0, 0.1) is 0 Å². The van der Waals surface area contributed by atoms with Gasteiger partial charge < -0.3 is 4.98 Å². The Hall–Kier alpha value is -1.87. The van der Waals surface area contributed by atoms with E-state index in [1.54, 1.807) is 18.7 Å². The summed E-state index contributed by atoms with van der Waals surface area (Å²) in [5.41, 5.74) is 3.95. The van der Waals surface area contributed by atoms with Crippen molar-refractivity contribution in [3.63, 3.8) is 0 Å². The van der Waals surface area contributed by atoms with Gasteiger partial charge in [0.2, 0.25) is 0 Å². The first kappa shape index (κ1) is 9.36. The quantitative estimate of drug-likeness (QED) is 0.696. The molecule has 4 heteroatoms. The molecule has 2 heterocycles. The maximum Gasteiger partial charge on any atom is 0.0961 e. The molecular weight excluding hydrogens is 222 g/mol. The van der Waals surface area contributed by atoms with E-state index in [4.69, 9.17) is 11.6 Å². The van der Waals surface area contributed by atoms with Gasteiger partial charge in [-0.3, -0.25) is 4.98 Å². The summed E-state index contributed by atoms with van der Waals surface area (Å²) in [6, 6.07) is 7.67. The largest absolute Gasteiger partial charge is 0.345 e. The summed E-state index contributed by atoms with van der Waals surface area (Å²) >= 11 is 6.07. The molecule has 0 radical (unpaired) electrons. The molecule has 0 saturated heterocycles. The van der Waals surface area contributed by atoms with E-state index in [-0.39, 0.29) is 0 Å². The highest BCUT2D eigenvalue weighted by Gasteiger charge is 2.07. The van der Waals surface area contributed by atoms with Crippen LogP contribution in [0.5, 0.6) is 0 Å². The van der Waals surface area contributed by atoms with Crippen molar-refractivity contribution in [3.05, 3.63) is 48.0 Å². The van der Waals surface area contributed by atoms with Crippen LogP contribution in [-0.2, 0) is 0 Å². The van der Waals surface area contributed by atoms with Crippen molar-refractivity contribution in [2.24, 2.45) is 0 Å². The van der Waals surface area contributed by atoms with Crippen LogP contribution in [0.3, 0.4) is 0 Å². The highest BCUT2D eigenvalue weighted by Crippen LogP contribution is 2.29. The number of hydrogen-bond donors (Lipinski definition) is 1. The first-order chi connectivity index (χ1) is 7.84. The van der Waals surface area contributed by atoms with Gasteiger partial charge in [-0.05, 0) is 29.8 Å². The van der Waals surface area contributed by atoms with Crippen LogP contribution >= 0.6 is 11.6 Å². The summed E-state index contributed by atoms with van der Waals surface area (Å²) in [5, 5.41) is 0.698. The Balaban J connectivity index is 2.34. The second-order valence-electron chi connectivity index (χ2n) is 3.49. The third kappa shape index (κ3) is 1.46. The lowest BCUT2D eigenvalue weighted by molar-refractivity contribution is 1.33. The van der Waals surface area contributed by atoms with Gasteiger partial charge in [0.05, 0.1) is 17.4 Å². The minimum atomic E-state index is 0.698. The molecule has 0 saturated carbocycles. The number of halogens is 1. The standard InChI is InChI=1S/C12H8ClN3/c13-9-5-10(8-1-3-14-4-2-8)12-11(6-9)15-7-16-12/h1-7H,(H,15,16). The number of rotatable bonds is 1. The molecule has 3 aromatic rings. The molecule has 0 spiro atoms. The molecule has 3 nitrogen and oxygen atoms in total. The van der Waals surface area contributed by atoms with E-state index < -0.39 is 0 Å². The summed E-state index contributed by atoms with van der Waals surface area (Å²) in [6.45, 7) is 0. The van der Waals surface area contributed by atoms with E-state index in [9.17, 15) is 0 Å². The van der Waals surface area contributed by atoms with E-state index in [2.05, 4.69) is 15.0 Å². The highest BCUT2D eigenvalue weighted by molar-refractivity contribution is 6.31. The normalized spacial score (nSPS) is 10.8. The van der Waals surface area contributed by atoms with Gasteiger partial charge in [-0.25, -0.2) is 4.98 Å². The third-order valence-corrected chi connectivity index (χ3v) is 2.70. The van der Waals surface area contributed by atoms with Crippen molar-refractivity contribution in [3.8, 4) is 11.1 Å². The van der Waals surface area contributed by atoms with Crippen molar-refractivity contribution in [2.45, 2.75) is 0 Å². The number of pyridine rings is 1. The van der Waals surface area contributed by atoms with Crippen LogP contribution in [0.25, 0.3) is 22.2 Å². The molecule has 0 aliphatic rings. The topological polar surface area (TPSA) is 41.6 Å². The highest BCUT2D eigenvalue weighted by atomic mass is 35.5. The number of nitrogens with zero attached hydrogens (tertiary/aromatic N) is 2. The van der Waals surface area contributed by atoms with E-state index >= 15 is 0 Å². The van der Waals surface area contributed by atoms with Crippen molar-refractivity contribution in [2.75, 3.05) is 0 Å². The molecule has 0 unspecified atom stereocenters. The molecule has 2 aromatic heterocycles. The number of nitrogens with one attached hydrogen (secondary N) is 1. The Morgan fingerprint density at radius 3 is 2.75 bits per heavy atom. The SMILES string of the molecule is Clc1cc(-c2ccncc2)c2nc[nH]c2c1. The summed E-state index contributed by atoms with van der Waals surface area (Å²) in [4.78, 5) is 11.4. The van der Waals surface area contributed by atoms with Crippen molar-refractivity contribution < 1.29 is 0 Å². The van der Waals surface area contributed by atoms with E-state index in [0.717, 1.165) is 22.2 Å². The second-order valence-corrected chi connectivity index (χ2v) is 3.92. The molecule has 1 aromatic carbocycles. The summed E-state index contributed by atoms with van der Waals surface area (Å²) in [6.07, 6.45) is 5.19. The van der Waals surface area contributed by atoms with Gasteiger partial charge in [0, 0.05) is 23.0 Å². The minimum Gasteiger partial charge on any atom is -0.345 e. The van der Waals surface area contributed by atoms with Gasteiger partial charge in [-0.2, -0.15) is 0 Å². The van der Waals surface area contributed by atoms with Gasteiger partial charge in [0.1, 0.15) is 0 Å². The van der Waals surface area contributed by atoms with Gasteiger partial charge in [0.25, 0.3) is 0 Å². The zero-order valence-electron chi connectivity index (χ0n) is 8.31. The number of H-pyrrole nitrogens is 1. The molecule has 1 N–H and O–H groups in total. The molecular formula is C12H8ClN3. The smallest absolute Gasteiger partial charge is 0.0961 e. The molecule has 78 valence electrons. The zero-order valence-corrected chi connectivity index (χ0v) is 9.07. The fraction of sp³-hybridized carbons (Fsp3) is 0. The average molecular weight is 230 g/mol. The first-order valence-corrected chi connectivity index (χ1v) is 5.25. The van der Waals surface area contributed by atoms with E-state index in [1.165, 1.54) is 0 Å². The van der Waals surface area contributed by atoms with E-state index in [1.807, 2.05) is 24.3 Å². The lowest BCUT2D eigenvalue weighted by Gasteiger charge is -2.03. The van der Waals surface area contributed by atoms with E-state index in [0.29, 0.717) is 5.02 Å². The van der Waals surface area contributed by atoms with Crippen LogP contribution in [0.1, 0.15) is 0 Å². The fourth-order valence-electron chi connectivity index (χ4n) is 1.77. The number of hydrogen-bond acceptors (Lipinski definition) is 2. The molecule has 3 rings (SSSR count). The van der Waals surface area contributed by atoms with Gasteiger partial charge in [-0.15, -0.1) is 0 Å². The average Bonchev–Trinajstić information content (AvgIpc) is 2.77. The van der Waals surface area contributed by atoms with Crippen LogP contribution < -0.4 is 0 Å². The number of fused-ring (bicyclic) bond motifs is 1. The van der Waals surface area contributed by atoms with Crippen LogP contribution in [-0.4, -0.2) is 15.0 Å². The lowest BCUT2D eigenvalue weighted by atomic mass is 10.1. The minimum absolute atomic E-state index is 0.698. The Morgan fingerprint density at radius 1 is 1.12 bits per heavy atom. The number of imidazole rings is 1. The number of benzene rings is 1. The summed E-state index contributed by atoms with van der Waals surface area (Å²) < 4.78 is 0. The molecule has 0 aliphatic heterocycles. The predicted molar refractivity (Wildman–Crippen MR) is 64.3 cm³/mol. The van der Waals surface area contributed by atoms with Crippen molar-refractivity contribution >= 4 is 22.6 Å². The Bertz CT molecular complexity index is 631. The van der Waals surface area contributed by atoms with Crippen molar-refractivity contribution in [1.29, 1.82) is 0 Å². The van der Waals surface area contributed by atoms with Gasteiger partial charge >= 0.3 is 0 Å². The molecule has 0 bridgehead atoms.